The average molecular weight is 406 g/mol. The molecule has 154 valence electrons. The van der Waals surface area contributed by atoms with E-state index in [0.717, 1.165) is 19.3 Å². The third kappa shape index (κ3) is 5.03. The molecule has 3 aliphatic carbocycles. The van der Waals surface area contributed by atoms with Gasteiger partial charge in [-0.3, -0.25) is 4.79 Å². The molecular weight excluding hydrogens is 374 g/mol. The Morgan fingerprint density at radius 2 is 2.04 bits per heavy atom. The molecule has 3 unspecified atom stereocenters. The topological polar surface area (TPSA) is 75.6 Å². The number of rotatable bonds is 10. The maximum absolute atomic E-state index is 12.5. The highest BCUT2D eigenvalue weighted by atomic mass is 32.2. The number of nitrogens with one attached hydrogen (secondary N) is 1. The molecule has 0 aromatic heterocycles. The summed E-state index contributed by atoms with van der Waals surface area (Å²) in [5.74, 6) is 1.55. The molecule has 5 nitrogen and oxygen atoms in total. The normalized spacial score (nSPS) is 29.2. The van der Waals surface area contributed by atoms with Gasteiger partial charge in [0.05, 0.1) is 0 Å². The number of benzene rings is 1. The van der Waals surface area contributed by atoms with Gasteiger partial charge in [-0.25, -0.2) is 4.72 Å². The fourth-order valence-electron chi connectivity index (χ4n) is 4.86. The Bertz CT molecular complexity index is 719. The van der Waals surface area contributed by atoms with Crippen molar-refractivity contribution < 1.29 is 18.3 Å². The predicted molar refractivity (Wildman–Crippen MR) is 111 cm³/mol. The number of aliphatic carboxylic acids is 1. The van der Waals surface area contributed by atoms with Gasteiger partial charge >= 0.3 is 5.97 Å². The molecule has 0 heterocycles. The molecule has 0 amide bonds. The van der Waals surface area contributed by atoms with Crippen molar-refractivity contribution in [3.63, 3.8) is 0 Å². The molecule has 0 saturated heterocycles. The number of unbranched alkanes of at least 4 members (excludes halogenated alkanes) is 1. The van der Waals surface area contributed by atoms with Gasteiger partial charge in [0.1, 0.15) is 5.75 Å². The van der Waals surface area contributed by atoms with E-state index in [1.54, 1.807) is 12.1 Å². The summed E-state index contributed by atoms with van der Waals surface area (Å²) in [6.45, 7) is 4.70. The maximum Gasteiger partial charge on any atom is 0.303 e. The first-order valence-electron chi connectivity index (χ1n) is 10.2. The molecule has 28 heavy (non-hydrogen) atoms. The number of hydrogen-bond donors (Lipinski definition) is 2. The minimum atomic E-state index is -1.56. The highest BCUT2D eigenvalue weighted by molar-refractivity contribution is 7.78. The smallest absolute Gasteiger partial charge is 0.303 e. The second kappa shape index (κ2) is 9.23. The molecule has 1 aromatic rings. The molecule has 0 spiro atoms. The highest BCUT2D eigenvalue weighted by Crippen LogP contribution is 2.62. The van der Waals surface area contributed by atoms with Gasteiger partial charge in [0, 0.05) is 12.5 Å². The fraction of sp³-hybridized carbons (Fsp3) is 0.591. The van der Waals surface area contributed by atoms with Gasteiger partial charge in [-0.05, 0) is 67.4 Å². The first-order chi connectivity index (χ1) is 13.4. The minimum Gasteiger partial charge on any atom is -0.481 e. The number of fused-ring (bicyclic) bond motifs is 2. The largest absolute Gasteiger partial charge is 0.481 e. The SMILES string of the molecule is CC1(C)[C@H]2CC(NS(=O)Oc3ccccc3)C(CC=CCCCC(=O)O)[C@@H]1C2. The van der Waals surface area contributed by atoms with Crippen LogP contribution in [0.25, 0.3) is 0 Å². The van der Waals surface area contributed by atoms with Crippen molar-refractivity contribution in [3.8, 4) is 5.75 Å². The van der Waals surface area contributed by atoms with Crippen molar-refractivity contribution in [2.75, 3.05) is 0 Å². The Kier molecular flexibility index (Phi) is 6.94. The van der Waals surface area contributed by atoms with Crippen molar-refractivity contribution in [2.45, 2.75) is 58.4 Å². The molecule has 4 rings (SSSR count). The second-order valence-electron chi connectivity index (χ2n) is 8.61. The van der Waals surface area contributed by atoms with Crippen molar-refractivity contribution in [1.29, 1.82) is 0 Å². The average Bonchev–Trinajstić information content (AvgIpc) is 2.65. The molecule has 0 aliphatic heterocycles. The van der Waals surface area contributed by atoms with Gasteiger partial charge in [0.2, 0.25) is 0 Å². The van der Waals surface area contributed by atoms with Crippen LogP contribution in [0.15, 0.2) is 42.5 Å². The van der Waals surface area contributed by atoms with Gasteiger partial charge in [-0.2, -0.15) is 4.21 Å². The molecule has 3 aliphatic rings. The molecular formula is C22H31NO4S. The van der Waals surface area contributed by atoms with Crippen molar-refractivity contribution in [1.82, 2.24) is 4.72 Å². The van der Waals surface area contributed by atoms with Crippen molar-refractivity contribution in [2.24, 2.45) is 23.2 Å². The lowest BCUT2D eigenvalue weighted by Gasteiger charge is -2.62. The van der Waals surface area contributed by atoms with Crippen LogP contribution in [0, 0.1) is 23.2 Å². The van der Waals surface area contributed by atoms with E-state index in [2.05, 4.69) is 30.7 Å². The monoisotopic (exact) mass is 405 g/mol. The standard InChI is InChI=1S/C22H31NO4S/c1-22(2)16-14-19(22)18(12-8-3-4-9-13-21(24)25)20(15-16)23-28(26)27-17-10-6-5-7-11-17/h3,5-8,10-11,16,18-20,23H,4,9,12-15H2,1-2H3,(H,24,25)/t16-,18?,19+,20?,28?/m1/s1. The summed E-state index contributed by atoms with van der Waals surface area (Å²) in [5, 5.41) is 8.72. The highest BCUT2D eigenvalue weighted by Gasteiger charge is 2.57. The first kappa shape index (κ1) is 21.1. The molecule has 2 N–H and O–H groups in total. The van der Waals surface area contributed by atoms with E-state index in [4.69, 9.17) is 9.29 Å². The first-order valence-corrected chi connectivity index (χ1v) is 11.2. The predicted octanol–water partition coefficient (Wildman–Crippen LogP) is 4.49. The Morgan fingerprint density at radius 3 is 2.71 bits per heavy atom. The number of para-hydroxylation sites is 1. The Morgan fingerprint density at radius 1 is 1.29 bits per heavy atom. The van der Waals surface area contributed by atoms with E-state index in [-0.39, 0.29) is 12.5 Å². The molecule has 3 fully saturated rings. The van der Waals surface area contributed by atoms with Crippen molar-refractivity contribution in [3.05, 3.63) is 42.5 Å². The van der Waals surface area contributed by atoms with Gasteiger partial charge in [-0.1, -0.05) is 44.2 Å². The summed E-state index contributed by atoms with van der Waals surface area (Å²) in [5.41, 5.74) is 0.335. The van der Waals surface area contributed by atoms with Crippen LogP contribution in [0.1, 0.15) is 52.4 Å². The van der Waals surface area contributed by atoms with Gasteiger partial charge in [0.15, 0.2) is 0 Å². The van der Waals surface area contributed by atoms with Crippen LogP contribution in [0.5, 0.6) is 5.75 Å². The van der Waals surface area contributed by atoms with Crippen LogP contribution >= 0.6 is 0 Å². The number of carboxylic acids is 1. The van der Waals surface area contributed by atoms with E-state index < -0.39 is 17.2 Å². The van der Waals surface area contributed by atoms with E-state index in [0.29, 0.717) is 35.3 Å². The van der Waals surface area contributed by atoms with E-state index in [9.17, 15) is 9.00 Å². The number of carboxylic acid groups (broad SMARTS) is 1. The van der Waals surface area contributed by atoms with Crippen LogP contribution in [0.4, 0.5) is 0 Å². The summed E-state index contributed by atoms with van der Waals surface area (Å²) in [7, 11) is 0. The third-order valence-electron chi connectivity index (χ3n) is 6.62. The van der Waals surface area contributed by atoms with E-state index in [1.807, 2.05) is 18.2 Å². The quantitative estimate of drug-likeness (QED) is 0.444. The van der Waals surface area contributed by atoms with Crippen LogP contribution in [0.3, 0.4) is 0 Å². The Labute approximate surface area is 170 Å². The summed E-state index contributed by atoms with van der Waals surface area (Å²) in [4.78, 5) is 10.6. The zero-order chi connectivity index (χ0) is 20.1. The summed E-state index contributed by atoms with van der Waals surface area (Å²) in [6.07, 6.45) is 9.13. The lowest BCUT2D eigenvalue weighted by Crippen LogP contribution is -2.61. The lowest BCUT2D eigenvalue weighted by atomic mass is 9.44. The summed E-state index contributed by atoms with van der Waals surface area (Å²) >= 11 is -1.56. The third-order valence-corrected chi connectivity index (χ3v) is 7.46. The van der Waals surface area contributed by atoms with Crippen molar-refractivity contribution >= 4 is 17.2 Å². The minimum absolute atomic E-state index is 0.171. The Hall–Kier alpha value is -1.66. The molecule has 0 radical (unpaired) electrons. The second-order valence-corrected chi connectivity index (χ2v) is 9.48. The zero-order valence-corrected chi connectivity index (χ0v) is 17.5. The summed E-state index contributed by atoms with van der Waals surface area (Å²) in [6, 6.07) is 9.41. The number of carbonyl (C=O) groups is 1. The van der Waals surface area contributed by atoms with Crippen LogP contribution in [0.2, 0.25) is 0 Å². The van der Waals surface area contributed by atoms with Gasteiger partial charge in [0.25, 0.3) is 11.3 Å². The lowest BCUT2D eigenvalue weighted by molar-refractivity contribution is -0.137. The number of hydrogen-bond acceptors (Lipinski definition) is 3. The molecule has 5 atom stereocenters. The molecule has 3 saturated carbocycles. The maximum atomic E-state index is 12.5. The molecule has 1 aromatic carbocycles. The molecule has 2 bridgehead atoms. The Balaban J connectivity index is 1.56. The zero-order valence-electron chi connectivity index (χ0n) is 16.7. The van der Waals surface area contributed by atoms with Crippen LogP contribution < -0.4 is 8.91 Å². The van der Waals surface area contributed by atoms with Gasteiger partial charge in [-0.15, -0.1) is 0 Å². The van der Waals surface area contributed by atoms with E-state index in [1.165, 1.54) is 6.42 Å². The fourth-order valence-corrected chi connectivity index (χ4v) is 5.71. The van der Waals surface area contributed by atoms with Crippen LogP contribution in [-0.2, 0) is 16.1 Å². The van der Waals surface area contributed by atoms with E-state index >= 15 is 0 Å². The van der Waals surface area contributed by atoms with Gasteiger partial charge < -0.3 is 9.29 Å². The molecule has 6 heteroatoms. The van der Waals surface area contributed by atoms with Crippen LogP contribution in [-0.4, -0.2) is 21.3 Å². The summed E-state index contributed by atoms with van der Waals surface area (Å²) < 4.78 is 21.2. The number of allylic oxidation sites excluding steroid dienone is 2.